The molecule has 6 nitrogen and oxygen atoms in total. The van der Waals surface area contributed by atoms with Crippen LogP contribution in [0.2, 0.25) is 0 Å². The molecule has 0 rings (SSSR count). The molecule has 0 aromatic rings. The maximum Gasteiger partial charge on any atom is 0.305 e. The van der Waals surface area contributed by atoms with E-state index >= 15 is 0 Å². The van der Waals surface area contributed by atoms with Gasteiger partial charge in [0.15, 0.2) is 0 Å². The van der Waals surface area contributed by atoms with Gasteiger partial charge in [-0.15, -0.1) is 0 Å². The summed E-state index contributed by atoms with van der Waals surface area (Å²) >= 11 is 0. The summed E-state index contributed by atoms with van der Waals surface area (Å²) in [6.45, 7) is 4.84. The van der Waals surface area contributed by atoms with E-state index in [2.05, 4.69) is 31.3 Å². The molecule has 0 spiro atoms. The lowest BCUT2D eigenvalue weighted by atomic mass is 10.0. The SMILES string of the molecule is CCCCCCC/C=C\CCCCCCCC(=O)OCCCCCCCCCCCC(=O)NC(CO)C(O)CCCCCCCCCCC. The van der Waals surface area contributed by atoms with Gasteiger partial charge >= 0.3 is 5.97 Å². The number of carbonyl (C=O) groups excluding carboxylic acids is 2. The van der Waals surface area contributed by atoms with Crippen LogP contribution in [-0.4, -0.2) is 47.4 Å². The lowest BCUT2D eigenvalue weighted by molar-refractivity contribution is -0.143. The van der Waals surface area contributed by atoms with Crippen molar-refractivity contribution < 1.29 is 24.5 Å². The molecule has 0 bridgehead atoms. The first kappa shape index (κ1) is 47.6. The fourth-order valence-electron chi connectivity index (χ4n) is 6.45. The molecule has 0 saturated heterocycles. The molecule has 0 aromatic heterocycles. The number of esters is 1. The molecule has 0 radical (unpaired) electrons. The third-order valence-electron chi connectivity index (χ3n) is 9.81. The summed E-state index contributed by atoms with van der Waals surface area (Å²) in [5, 5.41) is 23.0. The molecule has 6 heteroatoms. The van der Waals surface area contributed by atoms with Crippen LogP contribution in [0.25, 0.3) is 0 Å². The zero-order chi connectivity index (χ0) is 35.9. The first-order valence-electron chi connectivity index (χ1n) is 21.4. The van der Waals surface area contributed by atoms with E-state index in [0.717, 1.165) is 57.8 Å². The number of rotatable bonds is 39. The predicted molar refractivity (Wildman–Crippen MR) is 209 cm³/mol. The molecule has 0 aliphatic carbocycles. The van der Waals surface area contributed by atoms with Crippen LogP contribution in [0.5, 0.6) is 0 Å². The highest BCUT2D eigenvalue weighted by Crippen LogP contribution is 2.15. The zero-order valence-electron chi connectivity index (χ0n) is 32.7. The molecule has 0 aliphatic heterocycles. The van der Waals surface area contributed by atoms with Crippen LogP contribution in [-0.2, 0) is 14.3 Å². The topological polar surface area (TPSA) is 95.9 Å². The van der Waals surface area contributed by atoms with Crippen LogP contribution in [0, 0.1) is 0 Å². The predicted octanol–water partition coefficient (Wildman–Crippen LogP) is 11.8. The summed E-state index contributed by atoms with van der Waals surface area (Å²) in [5.41, 5.74) is 0. The Morgan fingerprint density at radius 1 is 0.551 bits per heavy atom. The first-order valence-corrected chi connectivity index (χ1v) is 21.4. The van der Waals surface area contributed by atoms with Gasteiger partial charge in [-0.25, -0.2) is 0 Å². The van der Waals surface area contributed by atoms with Crippen LogP contribution in [0.4, 0.5) is 0 Å². The molecule has 49 heavy (non-hydrogen) atoms. The first-order chi connectivity index (χ1) is 24.0. The number of carbonyl (C=O) groups is 2. The molecule has 3 N–H and O–H groups in total. The molecule has 2 atom stereocenters. The van der Waals surface area contributed by atoms with Gasteiger partial charge in [-0.1, -0.05) is 174 Å². The van der Waals surface area contributed by atoms with Gasteiger partial charge in [0, 0.05) is 12.8 Å². The van der Waals surface area contributed by atoms with Crippen molar-refractivity contribution >= 4 is 11.9 Å². The minimum absolute atomic E-state index is 0.0345. The van der Waals surface area contributed by atoms with E-state index < -0.39 is 12.1 Å². The minimum Gasteiger partial charge on any atom is -0.466 e. The quantitative estimate of drug-likeness (QED) is 0.0338. The summed E-state index contributed by atoms with van der Waals surface area (Å²) in [4.78, 5) is 24.3. The van der Waals surface area contributed by atoms with Crippen molar-refractivity contribution in [2.45, 2.75) is 238 Å². The zero-order valence-corrected chi connectivity index (χ0v) is 32.7. The molecular formula is C43H83NO5. The van der Waals surface area contributed by atoms with E-state index in [1.165, 1.54) is 135 Å². The van der Waals surface area contributed by atoms with Crippen LogP contribution < -0.4 is 5.32 Å². The molecule has 290 valence electrons. The van der Waals surface area contributed by atoms with Crippen molar-refractivity contribution in [3.8, 4) is 0 Å². The maximum atomic E-state index is 12.3. The van der Waals surface area contributed by atoms with E-state index in [1.54, 1.807) is 0 Å². The standard InChI is InChI=1S/C43H83NO5/c1-3-5-7-9-11-13-14-15-16-17-21-25-29-33-37-43(48)49-38-34-30-26-22-18-20-24-28-32-36-42(47)44-40(39-45)41(46)35-31-27-23-19-12-10-8-6-4-2/h14-15,40-41,45-46H,3-13,16-39H2,1-2H3,(H,44,47)/b15-14-. The van der Waals surface area contributed by atoms with Crippen molar-refractivity contribution in [3.63, 3.8) is 0 Å². The van der Waals surface area contributed by atoms with Crippen LogP contribution in [0.15, 0.2) is 12.2 Å². The van der Waals surface area contributed by atoms with Crippen LogP contribution in [0.3, 0.4) is 0 Å². The number of allylic oxidation sites excluding steroid dienone is 2. The van der Waals surface area contributed by atoms with Crippen molar-refractivity contribution in [1.82, 2.24) is 5.32 Å². The Balaban J connectivity index is 3.49. The molecule has 0 aliphatic rings. The number of amides is 1. The van der Waals surface area contributed by atoms with Gasteiger partial charge in [-0.3, -0.25) is 9.59 Å². The van der Waals surface area contributed by atoms with Gasteiger partial charge < -0.3 is 20.3 Å². The second kappa shape index (κ2) is 39.4. The minimum atomic E-state index is -0.678. The average Bonchev–Trinajstić information content (AvgIpc) is 3.10. The number of unbranched alkanes of at least 4 members (excludes halogenated alkanes) is 26. The van der Waals surface area contributed by atoms with Crippen LogP contribution >= 0.6 is 0 Å². The van der Waals surface area contributed by atoms with E-state index in [9.17, 15) is 19.8 Å². The molecule has 0 heterocycles. The van der Waals surface area contributed by atoms with E-state index in [0.29, 0.717) is 25.9 Å². The number of nitrogens with one attached hydrogen (secondary N) is 1. The summed E-state index contributed by atoms with van der Waals surface area (Å²) < 4.78 is 5.42. The van der Waals surface area contributed by atoms with Gasteiger partial charge in [0.1, 0.15) is 0 Å². The van der Waals surface area contributed by atoms with Crippen molar-refractivity contribution in [2.75, 3.05) is 13.2 Å². The maximum absolute atomic E-state index is 12.3. The van der Waals surface area contributed by atoms with Gasteiger partial charge in [-0.2, -0.15) is 0 Å². The highest BCUT2D eigenvalue weighted by Gasteiger charge is 2.20. The Kier molecular flexibility index (Phi) is 38.3. The third kappa shape index (κ3) is 36.2. The van der Waals surface area contributed by atoms with E-state index in [1.807, 2.05) is 0 Å². The van der Waals surface area contributed by atoms with Gasteiger partial charge in [0.25, 0.3) is 0 Å². The van der Waals surface area contributed by atoms with Crippen molar-refractivity contribution in [1.29, 1.82) is 0 Å². The average molecular weight is 694 g/mol. The fourth-order valence-corrected chi connectivity index (χ4v) is 6.45. The Labute approximate surface area is 304 Å². The summed E-state index contributed by atoms with van der Waals surface area (Å²) in [5.74, 6) is -0.101. The third-order valence-corrected chi connectivity index (χ3v) is 9.81. The largest absolute Gasteiger partial charge is 0.466 e. The molecule has 2 unspecified atom stereocenters. The molecule has 0 saturated carbocycles. The van der Waals surface area contributed by atoms with Gasteiger partial charge in [0.2, 0.25) is 5.91 Å². The summed E-state index contributed by atoms with van der Waals surface area (Å²) in [6, 6.07) is -0.558. The second-order valence-corrected chi connectivity index (χ2v) is 14.7. The van der Waals surface area contributed by atoms with E-state index in [-0.39, 0.29) is 18.5 Å². The molecule has 1 amide bonds. The number of ether oxygens (including phenoxy) is 1. The van der Waals surface area contributed by atoms with Crippen LogP contribution in [0.1, 0.15) is 226 Å². The number of hydrogen-bond donors (Lipinski definition) is 3. The highest BCUT2D eigenvalue weighted by molar-refractivity contribution is 5.76. The Morgan fingerprint density at radius 3 is 1.45 bits per heavy atom. The Morgan fingerprint density at radius 2 is 0.959 bits per heavy atom. The monoisotopic (exact) mass is 694 g/mol. The smallest absolute Gasteiger partial charge is 0.305 e. The fraction of sp³-hybridized carbons (Fsp3) is 0.907. The molecular weight excluding hydrogens is 610 g/mol. The lowest BCUT2D eigenvalue weighted by Gasteiger charge is -2.22. The van der Waals surface area contributed by atoms with Gasteiger partial charge in [0.05, 0.1) is 25.4 Å². The van der Waals surface area contributed by atoms with Crippen molar-refractivity contribution in [2.24, 2.45) is 0 Å². The lowest BCUT2D eigenvalue weighted by Crippen LogP contribution is -2.45. The number of hydrogen-bond acceptors (Lipinski definition) is 5. The van der Waals surface area contributed by atoms with Gasteiger partial charge in [-0.05, 0) is 51.4 Å². The summed E-state index contributed by atoms with van der Waals surface area (Å²) in [6.07, 6.45) is 41.6. The Bertz CT molecular complexity index is 727. The number of aliphatic hydroxyl groups is 2. The summed E-state index contributed by atoms with van der Waals surface area (Å²) in [7, 11) is 0. The second-order valence-electron chi connectivity index (χ2n) is 14.7. The normalized spacial score (nSPS) is 12.8. The Hall–Kier alpha value is -1.40. The number of aliphatic hydroxyl groups excluding tert-OH is 2. The molecule has 0 fully saturated rings. The molecule has 0 aromatic carbocycles. The highest BCUT2D eigenvalue weighted by atomic mass is 16.5. The van der Waals surface area contributed by atoms with Crippen molar-refractivity contribution in [3.05, 3.63) is 12.2 Å². The van der Waals surface area contributed by atoms with E-state index in [4.69, 9.17) is 4.74 Å².